The second-order valence-electron chi connectivity index (χ2n) is 7.13. The van der Waals surface area contributed by atoms with Crippen molar-refractivity contribution >= 4 is 0 Å². The SMILES string of the molecule is CN1CCN2CCOCCOCCOCCN(CC1)CCN(C)CC2. The van der Waals surface area contributed by atoms with Gasteiger partial charge in [-0.15, -0.1) is 0 Å². The summed E-state index contributed by atoms with van der Waals surface area (Å²) in [5, 5.41) is 0. The quantitative estimate of drug-likeness (QED) is 0.542. The molecule has 0 radical (unpaired) electrons. The summed E-state index contributed by atoms with van der Waals surface area (Å²) in [7, 11) is 4.47. The van der Waals surface area contributed by atoms with E-state index in [0.717, 1.165) is 78.7 Å². The van der Waals surface area contributed by atoms with Crippen molar-refractivity contribution in [3.63, 3.8) is 0 Å². The molecule has 0 saturated carbocycles. The number of rotatable bonds is 0. The highest BCUT2D eigenvalue weighted by molar-refractivity contribution is 4.69. The van der Waals surface area contributed by atoms with Crippen molar-refractivity contribution in [2.75, 3.05) is 119 Å². The van der Waals surface area contributed by atoms with Gasteiger partial charge in [-0.05, 0) is 14.1 Å². The largest absolute Gasteiger partial charge is 0.378 e. The molecule has 0 aromatic rings. The van der Waals surface area contributed by atoms with Crippen molar-refractivity contribution in [2.45, 2.75) is 0 Å². The van der Waals surface area contributed by atoms with E-state index in [0.29, 0.717) is 26.4 Å². The Morgan fingerprint density at radius 1 is 0.400 bits per heavy atom. The average Bonchev–Trinajstić information content (AvgIpc) is 2.61. The Balaban J connectivity index is 1.93. The smallest absolute Gasteiger partial charge is 0.0701 e. The van der Waals surface area contributed by atoms with Gasteiger partial charge in [0, 0.05) is 65.4 Å². The molecule has 3 rings (SSSR count). The topological polar surface area (TPSA) is 40.7 Å². The summed E-state index contributed by atoms with van der Waals surface area (Å²) in [6.07, 6.45) is 0. The number of hydrogen-bond donors (Lipinski definition) is 0. The molecule has 3 heterocycles. The van der Waals surface area contributed by atoms with E-state index in [1.165, 1.54) is 0 Å². The summed E-state index contributed by atoms with van der Waals surface area (Å²) >= 11 is 0. The lowest BCUT2D eigenvalue weighted by Crippen LogP contribution is -2.45. The molecule has 25 heavy (non-hydrogen) atoms. The third-order valence-corrected chi connectivity index (χ3v) is 5.04. The minimum absolute atomic E-state index is 0.654. The van der Waals surface area contributed by atoms with Crippen LogP contribution in [0.1, 0.15) is 0 Å². The maximum absolute atomic E-state index is 5.74. The zero-order valence-electron chi connectivity index (χ0n) is 16.3. The molecule has 3 saturated heterocycles. The molecule has 0 aromatic heterocycles. The van der Waals surface area contributed by atoms with E-state index < -0.39 is 0 Å². The van der Waals surface area contributed by atoms with Crippen LogP contribution in [-0.4, -0.2) is 139 Å². The molecule has 0 aliphatic carbocycles. The Bertz CT molecular complexity index is 289. The number of ether oxygens (including phenoxy) is 3. The lowest BCUT2D eigenvalue weighted by Gasteiger charge is -2.32. The highest BCUT2D eigenvalue weighted by Crippen LogP contribution is 1.99. The number of fused-ring (bicyclic) bond motifs is 18. The zero-order valence-corrected chi connectivity index (χ0v) is 16.3. The lowest BCUT2D eigenvalue weighted by atomic mass is 10.3. The first-order chi connectivity index (χ1) is 12.2. The van der Waals surface area contributed by atoms with Crippen LogP contribution in [0.5, 0.6) is 0 Å². The fraction of sp³-hybridized carbons (Fsp3) is 1.00. The number of hydrogen-bond acceptors (Lipinski definition) is 7. The molecule has 7 heteroatoms. The normalized spacial score (nSPS) is 31.4. The summed E-state index contributed by atoms with van der Waals surface area (Å²) < 4.78 is 17.0. The predicted molar refractivity (Wildman–Crippen MR) is 100 cm³/mol. The van der Waals surface area contributed by atoms with Gasteiger partial charge in [0.2, 0.25) is 0 Å². The summed E-state index contributed by atoms with van der Waals surface area (Å²) in [5.74, 6) is 0. The van der Waals surface area contributed by atoms with Crippen LogP contribution in [-0.2, 0) is 14.2 Å². The Labute approximate surface area is 153 Å². The van der Waals surface area contributed by atoms with Gasteiger partial charge in [0.15, 0.2) is 0 Å². The van der Waals surface area contributed by atoms with Crippen molar-refractivity contribution in [3.8, 4) is 0 Å². The molecule has 0 spiro atoms. The van der Waals surface area contributed by atoms with Gasteiger partial charge < -0.3 is 24.0 Å². The highest BCUT2D eigenvalue weighted by Gasteiger charge is 2.13. The highest BCUT2D eigenvalue weighted by atomic mass is 16.5. The second kappa shape index (κ2) is 13.0. The minimum Gasteiger partial charge on any atom is -0.378 e. The molecule has 148 valence electrons. The van der Waals surface area contributed by atoms with E-state index in [2.05, 4.69) is 33.7 Å². The van der Waals surface area contributed by atoms with Gasteiger partial charge in [0.25, 0.3) is 0 Å². The number of likely N-dealkylation sites (N-methyl/N-ethyl adjacent to an activating group) is 2. The Kier molecular flexibility index (Phi) is 10.9. The van der Waals surface area contributed by atoms with E-state index >= 15 is 0 Å². The van der Waals surface area contributed by atoms with Crippen LogP contribution in [0.4, 0.5) is 0 Å². The van der Waals surface area contributed by atoms with Crippen LogP contribution in [0, 0.1) is 0 Å². The van der Waals surface area contributed by atoms with E-state index in [-0.39, 0.29) is 0 Å². The fourth-order valence-electron chi connectivity index (χ4n) is 3.07. The third kappa shape index (κ3) is 9.84. The van der Waals surface area contributed by atoms with Crippen molar-refractivity contribution < 1.29 is 14.2 Å². The van der Waals surface area contributed by atoms with Crippen LogP contribution in [0.3, 0.4) is 0 Å². The molecule has 3 aliphatic heterocycles. The molecule has 0 amide bonds. The molecule has 0 unspecified atom stereocenters. The van der Waals surface area contributed by atoms with Gasteiger partial charge in [-0.2, -0.15) is 0 Å². The third-order valence-electron chi connectivity index (χ3n) is 5.04. The van der Waals surface area contributed by atoms with E-state index in [1.807, 2.05) is 0 Å². The molecule has 7 nitrogen and oxygen atoms in total. The van der Waals surface area contributed by atoms with Gasteiger partial charge in [0.05, 0.1) is 39.6 Å². The monoisotopic (exact) mass is 358 g/mol. The standard InChI is InChI=1S/C18H38N4O3/c1-19-3-7-21-9-5-20(2)6-10-22(8-4-19)12-14-24-16-18-25-17-15-23-13-11-21/h3-18H2,1-2H3. The molecule has 0 aromatic carbocycles. The maximum atomic E-state index is 5.74. The van der Waals surface area contributed by atoms with Crippen LogP contribution in [0.2, 0.25) is 0 Å². The van der Waals surface area contributed by atoms with Gasteiger partial charge >= 0.3 is 0 Å². The first-order valence-electron chi connectivity index (χ1n) is 9.79. The lowest BCUT2D eigenvalue weighted by molar-refractivity contribution is 0.00372. The summed E-state index contributed by atoms with van der Waals surface area (Å²) in [5.41, 5.74) is 0. The molecular weight excluding hydrogens is 320 g/mol. The van der Waals surface area contributed by atoms with Crippen molar-refractivity contribution in [1.82, 2.24) is 19.6 Å². The molecular formula is C18H38N4O3. The summed E-state index contributed by atoms with van der Waals surface area (Å²) in [4.78, 5) is 9.96. The van der Waals surface area contributed by atoms with Crippen molar-refractivity contribution in [2.24, 2.45) is 0 Å². The summed E-state index contributed by atoms with van der Waals surface area (Å²) in [6, 6.07) is 0. The van der Waals surface area contributed by atoms with Gasteiger partial charge in [-0.1, -0.05) is 0 Å². The first kappa shape index (κ1) is 21.0. The second-order valence-corrected chi connectivity index (χ2v) is 7.13. The molecule has 0 N–H and O–H groups in total. The molecule has 3 aliphatic rings. The molecule has 3 fully saturated rings. The number of nitrogens with zero attached hydrogens (tertiary/aromatic N) is 4. The fourth-order valence-corrected chi connectivity index (χ4v) is 3.07. The maximum Gasteiger partial charge on any atom is 0.0701 e. The zero-order chi connectivity index (χ0) is 17.7. The minimum atomic E-state index is 0.654. The Morgan fingerprint density at radius 2 is 0.720 bits per heavy atom. The first-order valence-corrected chi connectivity index (χ1v) is 9.79. The van der Waals surface area contributed by atoms with E-state index in [9.17, 15) is 0 Å². The van der Waals surface area contributed by atoms with Crippen LogP contribution in [0.25, 0.3) is 0 Å². The summed E-state index contributed by atoms with van der Waals surface area (Å²) in [6.45, 7) is 15.0. The van der Waals surface area contributed by atoms with E-state index in [4.69, 9.17) is 14.2 Å². The Hall–Kier alpha value is -0.280. The van der Waals surface area contributed by atoms with Crippen LogP contribution >= 0.6 is 0 Å². The van der Waals surface area contributed by atoms with Gasteiger partial charge in [0.1, 0.15) is 0 Å². The average molecular weight is 359 g/mol. The van der Waals surface area contributed by atoms with E-state index in [1.54, 1.807) is 0 Å². The molecule has 2 bridgehead atoms. The van der Waals surface area contributed by atoms with Crippen LogP contribution < -0.4 is 0 Å². The van der Waals surface area contributed by atoms with Gasteiger partial charge in [-0.3, -0.25) is 9.80 Å². The van der Waals surface area contributed by atoms with Gasteiger partial charge in [-0.25, -0.2) is 0 Å². The molecule has 0 atom stereocenters. The van der Waals surface area contributed by atoms with Crippen molar-refractivity contribution in [3.05, 3.63) is 0 Å². The predicted octanol–water partition coefficient (Wildman–Crippen LogP) is -0.469. The Morgan fingerprint density at radius 3 is 1.08 bits per heavy atom. The van der Waals surface area contributed by atoms with Crippen LogP contribution in [0.15, 0.2) is 0 Å². The van der Waals surface area contributed by atoms with Crippen molar-refractivity contribution in [1.29, 1.82) is 0 Å².